The topological polar surface area (TPSA) is 95.5 Å². The van der Waals surface area contributed by atoms with Gasteiger partial charge in [0.25, 0.3) is 11.8 Å². The van der Waals surface area contributed by atoms with Crippen molar-refractivity contribution in [3.8, 4) is 0 Å². The number of hydrogen-bond acceptors (Lipinski definition) is 3. The van der Waals surface area contributed by atoms with Crippen molar-refractivity contribution in [2.45, 2.75) is 33.2 Å². The number of nitrogens with one attached hydrogen (secondary N) is 2. The van der Waals surface area contributed by atoms with Gasteiger partial charge in [-0.05, 0) is 35.2 Å². The molecular formula is C22H26N2O4. The maximum absolute atomic E-state index is 12.5. The normalized spacial score (nSPS) is 12.1. The second-order valence-corrected chi connectivity index (χ2v) is 7.86. The summed E-state index contributed by atoms with van der Waals surface area (Å²) in [6, 6.07) is 14.6. The van der Waals surface area contributed by atoms with E-state index in [0.29, 0.717) is 17.7 Å². The SMILES string of the molecule is CC(C)(C)CNC(=O)c1ccc(C(=O)NC(CC(=O)O)c2ccccc2)cc1. The summed E-state index contributed by atoms with van der Waals surface area (Å²) in [5.74, 6) is -1.59. The molecule has 148 valence electrons. The van der Waals surface area contributed by atoms with Gasteiger partial charge in [0.1, 0.15) is 0 Å². The highest BCUT2D eigenvalue weighted by molar-refractivity contribution is 5.98. The fourth-order valence-corrected chi connectivity index (χ4v) is 2.57. The Morgan fingerprint density at radius 3 is 1.93 bits per heavy atom. The standard InChI is InChI=1S/C22H26N2O4/c1-22(2,3)14-23-20(27)16-9-11-17(12-10-16)21(28)24-18(13-19(25)26)15-7-5-4-6-8-15/h4-12,18H,13-14H2,1-3H3,(H,23,27)(H,24,28)(H,25,26). The maximum atomic E-state index is 12.5. The zero-order chi connectivity index (χ0) is 20.7. The van der Waals surface area contributed by atoms with Gasteiger partial charge in [0.15, 0.2) is 0 Å². The van der Waals surface area contributed by atoms with Crippen molar-refractivity contribution in [1.82, 2.24) is 10.6 Å². The molecule has 28 heavy (non-hydrogen) atoms. The first-order chi connectivity index (χ1) is 13.2. The molecule has 0 saturated carbocycles. The number of carboxylic acids is 1. The third kappa shape index (κ3) is 6.54. The first kappa shape index (κ1) is 21.2. The first-order valence-corrected chi connectivity index (χ1v) is 9.11. The summed E-state index contributed by atoms with van der Waals surface area (Å²) < 4.78 is 0. The summed E-state index contributed by atoms with van der Waals surface area (Å²) >= 11 is 0. The van der Waals surface area contributed by atoms with Gasteiger partial charge in [-0.25, -0.2) is 0 Å². The molecule has 0 radical (unpaired) electrons. The number of carbonyl (C=O) groups excluding carboxylic acids is 2. The van der Waals surface area contributed by atoms with Crippen molar-refractivity contribution in [2.24, 2.45) is 5.41 Å². The van der Waals surface area contributed by atoms with Crippen LogP contribution in [0.1, 0.15) is 59.5 Å². The molecule has 2 aromatic rings. The van der Waals surface area contributed by atoms with Gasteiger partial charge in [-0.15, -0.1) is 0 Å². The molecule has 6 heteroatoms. The van der Waals surface area contributed by atoms with Crippen LogP contribution in [-0.4, -0.2) is 29.4 Å². The largest absolute Gasteiger partial charge is 0.481 e. The third-order valence-electron chi connectivity index (χ3n) is 4.07. The lowest BCUT2D eigenvalue weighted by Crippen LogP contribution is -2.32. The van der Waals surface area contributed by atoms with E-state index in [9.17, 15) is 14.4 Å². The molecule has 0 aliphatic carbocycles. The Labute approximate surface area is 165 Å². The number of carbonyl (C=O) groups is 3. The van der Waals surface area contributed by atoms with Crippen molar-refractivity contribution in [2.75, 3.05) is 6.54 Å². The average molecular weight is 382 g/mol. The van der Waals surface area contributed by atoms with Crippen molar-refractivity contribution >= 4 is 17.8 Å². The number of rotatable bonds is 7. The zero-order valence-corrected chi connectivity index (χ0v) is 16.4. The summed E-state index contributed by atoms with van der Waals surface area (Å²) in [5, 5.41) is 14.8. The molecule has 1 unspecified atom stereocenters. The molecule has 1 atom stereocenters. The second kappa shape index (κ2) is 9.17. The molecule has 0 fully saturated rings. The number of benzene rings is 2. The molecule has 0 aliphatic rings. The molecule has 6 nitrogen and oxygen atoms in total. The molecule has 0 saturated heterocycles. The minimum Gasteiger partial charge on any atom is -0.481 e. The first-order valence-electron chi connectivity index (χ1n) is 9.11. The lowest BCUT2D eigenvalue weighted by Gasteiger charge is -2.19. The Morgan fingerprint density at radius 2 is 1.43 bits per heavy atom. The monoisotopic (exact) mass is 382 g/mol. The lowest BCUT2D eigenvalue weighted by atomic mass is 9.97. The van der Waals surface area contributed by atoms with Crippen LogP contribution in [0.3, 0.4) is 0 Å². The lowest BCUT2D eigenvalue weighted by molar-refractivity contribution is -0.137. The van der Waals surface area contributed by atoms with Gasteiger partial charge in [-0.2, -0.15) is 0 Å². The van der Waals surface area contributed by atoms with Crippen molar-refractivity contribution in [1.29, 1.82) is 0 Å². The minimum absolute atomic E-state index is 0.0217. The zero-order valence-electron chi connectivity index (χ0n) is 16.4. The van der Waals surface area contributed by atoms with Crippen LogP contribution >= 0.6 is 0 Å². The smallest absolute Gasteiger partial charge is 0.305 e. The van der Waals surface area contributed by atoms with Gasteiger partial charge < -0.3 is 15.7 Å². The molecule has 0 aliphatic heterocycles. The van der Waals surface area contributed by atoms with Crippen LogP contribution in [0.5, 0.6) is 0 Å². The molecule has 0 bridgehead atoms. The minimum atomic E-state index is -1.000. The summed E-state index contributed by atoms with van der Waals surface area (Å²) in [6.07, 6.45) is -0.219. The summed E-state index contributed by atoms with van der Waals surface area (Å²) in [4.78, 5) is 35.9. The third-order valence-corrected chi connectivity index (χ3v) is 4.07. The Bertz CT molecular complexity index is 824. The van der Waals surface area contributed by atoms with E-state index in [4.69, 9.17) is 5.11 Å². The average Bonchev–Trinajstić information content (AvgIpc) is 2.65. The van der Waals surface area contributed by atoms with Crippen LogP contribution in [0.15, 0.2) is 54.6 Å². The van der Waals surface area contributed by atoms with Gasteiger partial charge in [-0.1, -0.05) is 51.1 Å². The van der Waals surface area contributed by atoms with Crippen molar-refractivity contribution in [3.63, 3.8) is 0 Å². The highest BCUT2D eigenvalue weighted by Crippen LogP contribution is 2.18. The van der Waals surface area contributed by atoms with E-state index in [0.717, 1.165) is 5.56 Å². The van der Waals surface area contributed by atoms with Crippen LogP contribution < -0.4 is 10.6 Å². The molecule has 2 aromatic carbocycles. The van der Waals surface area contributed by atoms with Gasteiger partial charge in [0, 0.05) is 17.7 Å². The fraction of sp³-hybridized carbons (Fsp3) is 0.318. The molecule has 2 amide bonds. The second-order valence-electron chi connectivity index (χ2n) is 7.86. The van der Waals surface area contributed by atoms with E-state index >= 15 is 0 Å². The number of aliphatic carboxylic acids is 1. The van der Waals surface area contributed by atoms with E-state index in [1.165, 1.54) is 0 Å². The fourth-order valence-electron chi connectivity index (χ4n) is 2.57. The highest BCUT2D eigenvalue weighted by Gasteiger charge is 2.19. The number of amides is 2. The number of carboxylic acid groups (broad SMARTS) is 1. The maximum Gasteiger partial charge on any atom is 0.305 e. The van der Waals surface area contributed by atoms with Crippen LogP contribution in [-0.2, 0) is 4.79 Å². The Hall–Kier alpha value is -3.15. The van der Waals surface area contributed by atoms with Crippen LogP contribution in [0.4, 0.5) is 0 Å². The predicted octanol–water partition coefficient (Wildman–Crippen LogP) is 3.41. The molecule has 2 rings (SSSR count). The van der Waals surface area contributed by atoms with Gasteiger partial charge in [-0.3, -0.25) is 14.4 Å². The predicted molar refractivity (Wildman–Crippen MR) is 107 cm³/mol. The quantitative estimate of drug-likeness (QED) is 0.684. The van der Waals surface area contributed by atoms with E-state index in [2.05, 4.69) is 10.6 Å². The molecule has 0 spiro atoms. The van der Waals surface area contributed by atoms with Gasteiger partial charge in [0.2, 0.25) is 0 Å². The van der Waals surface area contributed by atoms with Crippen LogP contribution in [0.2, 0.25) is 0 Å². The summed E-state index contributed by atoms with van der Waals surface area (Å²) in [6.45, 7) is 6.63. The highest BCUT2D eigenvalue weighted by atomic mass is 16.4. The van der Waals surface area contributed by atoms with E-state index in [1.807, 2.05) is 26.8 Å². The molecule has 0 heterocycles. The summed E-state index contributed by atoms with van der Waals surface area (Å²) in [5.41, 5.74) is 1.52. The van der Waals surface area contributed by atoms with Gasteiger partial charge >= 0.3 is 5.97 Å². The molecule has 3 N–H and O–H groups in total. The van der Waals surface area contributed by atoms with Crippen molar-refractivity contribution < 1.29 is 19.5 Å². The molecular weight excluding hydrogens is 356 g/mol. The van der Waals surface area contributed by atoms with Crippen molar-refractivity contribution in [3.05, 3.63) is 71.3 Å². The van der Waals surface area contributed by atoms with Crippen LogP contribution in [0, 0.1) is 5.41 Å². The number of hydrogen-bond donors (Lipinski definition) is 3. The van der Waals surface area contributed by atoms with Crippen LogP contribution in [0.25, 0.3) is 0 Å². The van der Waals surface area contributed by atoms with E-state index in [1.54, 1.807) is 48.5 Å². The van der Waals surface area contributed by atoms with E-state index < -0.39 is 17.9 Å². The van der Waals surface area contributed by atoms with Gasteiger partial charge in [0.05, 0.1) is 12.5 Å². The Kier molecular flexibility index (Phi) is 6.93. The Balaban J connectivity index is 2.06. The van der Waals surface area contributed by atoms with E-state index in [-0.39, 0.29) is 17.7 Å². The summed E-state index contributed by atoms with van der Waals surface area (Å²) in [7, 11) is 0. The molecule has 0 aromatic heterocycles. The Morgan fingerprint density at radius 1 is 0.893 bits per heavy atom.